The highest BCUT2D eigenvalue weighted by molar-refractivity contribution is 5.74. The zero-order valence-electron chi connectivity index (χ0n) is 11.3. The number of rotatable bonds is 6. The molecule has 104 valence electrons. The van der Waals surface area contributed by atoms with Gasteiger partial charge < -0.3 is 10.2 Å². The fraction of sp³-hybridized carbons (Fsp3) is 0.429. The molecule has 2 amide bonds. The van der Waals surface area contributed by atoms with Gasteiger partial charge in [0.05, 0.1) is 0 Å². The number of hydrogen-bond donors (Lipinski definition) is 1. The van der Waals surface area contributed by atoms with Gasteiger partial charge in [0.2, 0.25) is 11.8 Å². The van der Waals surface area contributed by atoms with Gasteiger partial charge in [0.1, 0.15) is 5.82 Å². The lowest BCUT2D eigenvalue weighted by Gasteiger charge is -2.21. The van der Waals surface area contributed by atoms with Crippen molar-refractivity contribution in [1.29, 1.82) is 0 Å². The average molecular weight is 266 g/mol. The molecule has 19 heavy (non-hydrogen) atoms. The van der Waals surface area contributed by atoms with E-state index < -0.39 is 0 Å². The number of hydrogen-bond acceptors (Lipinski definition) is 2. The summed E-state index contributed by atoms with van der Waals surface area (Å²) >= 11 is 0. The van der Waals surface area contributed by atoms with E-state index in [4.69, 9.17) is 0 Å². The third-order valence-corrected chi connectivity index (χ3v) is 2.81. The van der Waals surface area contributed by atoms with E-state index in [1.807, 2.05) is 0 Å². The van der Waals surface area contributed by atoms with Crippen molar-refractivity contribution in [1.82, 2.24) is 10.2 Å². The molecule has 0 unspecified atom stereocenters. The summed E-state index contributed by atoms with van der Waals surface area (Å²) in [7, 11) is 0. The summed E-state index contributed by atoms with van der Waals surface area (Å²) in [6.07, 6.45) is 0.465. The maximum atomic E-state index is 13.4. The molecule has 0 aliphatic heterocycles. The molecule has 1 N–H and O–H groups in total. The third-order valence-electron chi connectivity index (χ3n) is 2.81. The standard InChI is InChI=1S/C14H19FN2O2/c1-11(18)16-8-10-17(12(2)19)9-7-13-5-3-4-6-14(13)15/h3-6H,7-10H2,1-2H3,(H,16,18). The molecule has 1 rings (SSSR count). The maximum absolute atomic E-state index is 13.4. The zero-order chi connectivity index (χ0) is 14.3. The van der Waals surface area contributed by atoms with E-state index in [0.717, 1.165) is 0 Å². The molecule has 0 aliphatic carbocycles. The van der Waals surface area contributed by atoms with E-state index in [0.29, 0.717) is 31.6 Å². The molecule has 0 heterocycles. The molecule has 0 aromatic heterocycles. The first-order valence-electron chi connectivity index (χ1n) is 6.24. The predicted molar refractivity (Wildman–Crippen MR) is 71.0 cm³/mol. The first-order chi connectivity index (χ1) is 9.00. The van der Waals surface area contributed by atoms with Gasteiger partial charge in [0.25, 0.3) is 0 Å². The molecule has 0 bridgehead atoms. The van der Waals surface area contributed by atoms with Gasteiger partial charge in [-0.05, 0) is 18.1 Å². The van der Waals surface area contributed by atoms with Crippen LogP contribution in [0.4, 0.5) is 4.39 Å². The molecule has 0 saturated carbocycles. The molecule has 4 nitrogen and oxygen atoms in total. The Balaban J connectivity index is 2.48. The summed E-state index contributed by atoms with van der Waals surface area (Å²) in [5.74, 6) is -0.466. The molecule has 0 saturated heterocycles. The zero-order valence-corrected chi connectivity index (χ0v) is 11.3. The predicted octanol–water partition coefficient (Wildman–Crippen LogP) is 1.35. The minimum Gasteiger partial charge on any atom is -0.355 e. The number of carbonyl (C=O) groups excluding carboxylic acids is 2. The molecular weight excluding hydrogens is 247 g/mol. The van der Waals surface area contributed by atoms with Crippen molar-refractivity contribution in [2.24, 2.45) is 0 Å². The van der Waals surface area contributed by atoms with E-state index >= 15 is 0 Å². The number of halogens is 1. The van der Waals surface area contributed by atoms with Crippen molar-refractivity contribution in [2.45, 2.75) is 20.3 Å². The Morgan fingerprint density at radius 1 is 1.21 bits per heavy atom. The van der Waals surface area contributed by atoms with Gasteiger partial charge in [-0.1, -0.05) is 18.2 Å². The normalized spacial score (nSPS) is 10.1. The van der Waals surface area contributed by atoms with Crippen LogP contribution in [0, 0.1) is 5.82 Å². The highest BCUT2D eigenvalue weighted by Crippen LogP contribution is 2.07. The van der Waals surface area contributed by atoms with Crippen LogP contribution in [-0.4, -0.2) is 36.3 Å². The minimum atomic E-state index is -0.257. The fourth-order valence-electron chi connectivity index (χ4n) is 1.75. The largest absolute Gasteiger partial charge is 0.355 e. The Kier molecular flexibility index (Phi) is 5.99. The van der Waals surface area contributed by atoms with Crippen LogP contribution in [0.1, 0.15) is 19.4 Å². The monoisotopic (exact) mass is 266 g/mol. The third kappa shape index (κ3) is 5.50. The summed E-state index contributed by atoms with van der Waals surface area (Å²) in [4.78, 5) is 23.8. The molecule has 1 aromatic carbocycles. The Bertz CT molecular complexity index is 449. The van der Waals surface area contributed by atoms with Crippen LogP contribution in [0.2, 0.25) is 0 Å². The Morgan fingerprint density at radius 3 is 2.47 bits per heavy atom. The number of amides is 2. The van der Waals surface area contributed by atoms with Gasteiger partial charge in [-0.15, -0.1) is 0 Å². The Hall–Kier alpha value is -1.91. The van der Waals surface area contributed by atoms with Gasteiger partial charge in [0.15, 0.2) is 0 Å². The number of benzene rings is 1. The van der Waals surface area contributed by atoms with Gasteiger partial charge >= 0.3 is 0 Å². The number of nitrogens with one attached hydrogen (secondary N) is 1. The molecule has 0 spiro atoms. The van der Waals surface area contributed by atoms with Crippen molar-refractivity contribution in [3.05, 3.63) is 35.6 Å². The molecule has 5 heteroatoms. The Morgan fingerprint density at radius 2 is 1.89 bits per heavy atom. The summed E-state index contributed by atoms with van der Waals surface area (Å²) in [6.45, 7) is 4.18. The van der Waals surface area contributed by atoms with Gasteiger partial charge in [-0.2, -0.15) is 0 Å². The smallest absolute Gasteiger partial charge is 0.219 e. The van der Waals surface area contributed by atoms with E-state index in [2.05, 4.69) is 5.32 Å². The average Bonchev–Trinajstić information content (AvgIpc) is 2.34. The topological polar surface area (TPSA) is 49.4 Å². The second-order valence-corrected chi connectivity index (χ2v) is 4.33. The number of nitrogens with zero attached hydrogens (tertiary/aromatic N) is 1. The quantitative estimate of drug-likeness (QED) is 0.845. The van der Waals surface area contributed by atoms with E-state index in [9.17, 15) is 14.0 Å². The van der Waals surface area contributed by atoms with Crippen LogP contribution >= 0.6 is 0 Å². The summed E-state index contributed by atoms with van der Waals surface area (Å²) in [5.41, 5.74) is 0.591. The van der Waals surface area contributed by atoms with Crippen LogP contribution in [-0.2, 0) is 16.0 Å². The molecular formula is C14H19FN2O2. The first-order valence-corrected chi connectivity index (χ1v) is 6.24. The van der Waals surface area contributed by atoms with Crippen molar-refractivity contribution in [2.75, 3.05) is 19.6 Å². The van der Waals surface area contributed by atoms with E-state index in [-0.39, 0.29) is 17.6 Å². The second kappa shape index (κ2) is 7.51. The SMILES string of the molecule is CC(=O)NCCN(CCc1ccccc1F)C(C)=O. The minimum absolute atomic E-state index is 0.0818. The van der Waals surface area contributed by atoms with E-state index in [1.165, 1.54) is 19.9 Å². The van der Waals surface area contributed by atoms with Crippen molar-refractivity contribution < 1.29 is 14.0 Å². The van der Waals surface area contributed by atoms with Gasteiger partial charge in [0, 0.05) is 33.5 Å². The highest BCUT2D eigenvalue weighted by atomic mass is 19.1. The molecule has 0 atom stereocenters. The van der Waals surface area contributed by atoms with Crippen LogP contribution in [0.3, 0.4) is 0 Å². The summed E-state index contributed by atoms with van der Waals surface area (Å²) < 4.78 is 13.4. The number of carbonyl (C=O) groups is 2. The highest BCUT2D eigenvalue weighted by Gasteiger charge is 2.10. The lowest BCUT2D eigenvalue weighted by Crippen LogP contribution is -2.38. The summed E-state index contributed by atoms with van der Waals surface area (Å²) in [5, 5.41) is 2.63. The summed E-state index contributed by atoms with van der Waals surface area (Å²) in [6, 6.07) is 6.53. The first kappa shape index (κ1) is 15.1. The van der Waals surface area contributed by atoms with Gasteiger partial charge in [-0.25, -0.2) is 4.39 Å². The van der Waals surface area contributed by atoms with Crippen molar-refractivity contribution >= 4 is 11.8 Å². The van der Waals surface area contributed by atoms with Crippen LogP contribution < -0.4 is 5.32 Å². The van der Waals surface area contributed by atoms with E-state index in [1.54, 1.807) is 23.1 Å². The molecule has 0 aliphatic rings. The Labute approximate surface area is 112 Å². The lowest BCUT2D eigenvalue weighted by atomic mass is 10.1. The van der Waals surface area contributed by atoms with Crippen LogP contribution in [0.25, 0.3) is 0 Å². The maximum Gasteiger partial charge on any atom is 0.219 e. The molecule has 0 fully saturated rings. The van der Waals surface area contributed by atoms with Crippen LogP contribution in [0.5, 0.6) is 0 Å². The molecule has 1 aromatic rings. The van der Waals surface area contributed by atoms with Crippen molar-refractivity contribution in [3.8, 4) is 0 Å². The lowest BCUT2D eigenvalue weighted by molar-refractivity contribution is -0.129. The van der Waals surface area contributed by atoms with Crippen molar-refractivity contribution in [3.63, 3.8) is 0 Å². The second-order valence-electron chi connectivity index (χ2n) is 4.33. The van der Waals surface area contributed by atoms with Gasteiger partial charge in [-0.3, -0.25) is 9.59 Å². The fourth-order valence-corrected chi connectivity index (χ4v) is 1.75. The molecule has 0 radical (unpaired) electrons. The van der Waals surface area contributed by atoms with Crippen LogP contribution in [0.15, 0.2) is 24.3 Å².